The molecule has 0 aliphatic rings. The Balaban J connectivity index is 2.60. The first-order valence-corrected chi connectivity index (χ1v) is 7.45. The Hall–Kier alpha value is -1.55. The van der Waals surface area contributed by atoms with E-state index in [1.807, 2.05) is 32.0 Å². The van der Waals surface area contributed by atoms with Crippen LogP contribution in [0.1, 0.15) is 30.9 Å². The maximum Gasteiger partial charge on any atom is 0.325 e. The number of hydrogen-bond acceptors (Lipinski definition) is 3. The summed E-state index contributed by atoms with van der Waals surface area (Å²) in [5, 5.41) is 0.708. The normalized spacial score (nSPS) is 10.3. The van der Waals surface area contributed by atoms with E-state index < -0.39 is 5.97 Å². The van der Waals surface area contributed by atoms with Crippen molar-refractivity contribution in [2.75, 3.05) is 20.2 Å². The summed E-state index contributed by atoms with van der Waals surface area (Å²) in [6, 6.07) is 5.80. The van der Waals surface area contributed by atoms with E-state index in [0.717, 1.165) is 17.5 Å². The van der Waals surface area contributed by atoms with Crippen molar-refractivity contribution >= 4 is 23.5 Å². The Morgan fingerprint density at radius 2 is 2.05 bits per heavy atom. The zero-order chi connectivity index (χ0) is 15.8. The fourth-order valence-electron chi connectivity index (χ4n) is 1.98. The number of hydrogen-bond donors (Lipinski definition) is 0. The molecule has 0 aliphatic carbocycles. The molecule has 0 spiro atoms. The van der Waals surface area contributed by atoms with Crippen LogP contribution in [-0.4, -0.2) is 37.0 Å². The smallest absolute Gasteiger partial charge is 0.325 e. The van der Waals surface area contributed by atoms with E-state index in [1.165, 1.54) is 7.11 Å². The molecule has 1 rings (SSSR count). The van der Waals surface area contributed by atoms with Crippen LogP contribution in [0, 0.1) is 6.92 Å². The number of carbonyl (C=O) groups is 2. The summed E-state index contributed by atoms with van der Waals surface area (Å²) < 4.78 is 4.62. The highest BCUT2D eigenvalue weighted by Gasteiger charge is 2.16. The van der Waals surface area contributed by atoms with Gasteiger partial charge in [-0.2, -0.15) is 0 Å². The molecule has 0 aromatic heterocycles. The molecule has 116 valence electrons. The van der Waals surface area contributed by atoms with Crippen LogP contribution >= 0.6 is 11.6 Å². The fraction of sp³-hybridized carbons (Fsp3) is 0.500. The molecular weight excluding hydrogens is 290 g/mol. The minimum Gasteiger partial charge on any atom is -0.468 e. The van der Waals surface area contributed by atoms with Crippen LogP contribution in [0.25, 0.3) is 0 Å². The summed E-state index contributed by atoms with van der Waals surface area (Å²) in [4.78, 5) is 25.1. The number of nitrogens with zero attached hydrogens (tertiary/aromatic N) is 1. The summed E-state index contributed by atoms with van der Waals surface area (Å²) in [7, 11) is 1.32. The number of esters is 1. The van der Waals surface area contributed by atoms with Gasteiger partial charge in [-0.3, -0.25) is 9.59 Å². The van der Waals surface area contributed by atoms with Crippen LogP contribution in [-0.2, 0) is 20.7 Å². The Bertz CT molecular complexity index is 502. The predicted molar refractivity (Wildman–Crippen MR) is 83.4 cm³/mol. The molecule has 0 unspecified atom stereocenters. The van der Waals surface area contributed by atoms with Gasteiger partial charge in [-0.1, -0.05) is 30.7 Å². The highest BCUT2D eigenvalue weighted by molar-refractivity contribution is 6.31. The van der Waals surface area contributed by atoms with E-state index >= 15 is 0 Å². The second-order valence-electron chi connectivity index (χ2n) is 4.97. The highest BCUT2D eigenvalue weighted by atomic mass is 35.5. The summed E-state index contributed by atoms with van der Waals surface area (Å²) in [5.41, 5.74) is 2.04. The Kier molecular flexibility index (Phi) is 7.23. The van der Waals surface area contributed by atoms with Crippen LogP contribution in [0.5, 0.6) is 0 Å². The predicted octanol–water partition coefficient (Wildman–Crippen LogP) is 2.99. The molecule has 1 aromatic carbocycles. The zero-order valence-electron chi connectivity index (χ0n) is 12.8. The van der Waals surface area contributed by atoms with E-state index in [4.69, 9.17) is 11.6 Å². The zero-order valence-corrected chi connectivity index (χ0v) is 13.6. The Labute approximate surface area is 131 Å². The summed E-state index contributed by atoms with van der Waals surface area (Å²) in [6.45, 7) is 4.48. The molecule has 0 atom stereocenters. The van der Waals surface area contributed by atoms with Gasteiger partial charge >= 0.3 is 5.97 Å². The van der Waals surface area contributed by atoms with Gasteiger partial charge in [-0.25, -0.2) is 0 Å². The number of carbonyl (C=O) groups excluding carboxylic acids is 2. The standard InChI is InChI=1S/C16H22ClNO3/c1-4-9-18(11-16(20)21-3)15(19)8-7-13-6-5-12(2)14(17)10-13/h5-6,10H,4,7-9,11H2,1-3H3. The van der Waals surface area contributed by atoms with Crippen molar-refractivity contribution in [2.24, 2.45) is 0 Å². The molecule has 0 saturated carbocycles. The molecule has 0 N–H and O–H groups in total. The Morgan fingerprint density at radius 1 is 1.33 bits per heavy atom. The van der Waals surface area contributed by atoms with Gasteiger partial charge in [0, 0.05) is 18.0 Å². The lowest BCUT2D eigenvalue weighted by molar-refractivity contribution is -0.147. The van der Waals surface area contributed by atoms with E-state index in [1.54, 1.807) is 4.90 Å². The molecule has 21 heavy (non-hydrogen) atoms. The van der Waals surface area contributed by atoms with Gasteiger partial charge in [0.05, 0.1) is 7.11 Å². The average Bonchev–Trinajstić information content (AvgIpc) is 2.47. The lowest BCUT2D eigenvalue weighted by Crippen LogP contribution is -2.36. The molecule has 4 nitrogen and oxygen atoms in total. The third kappa shape index (κ3) is 5.76. The minimum absolute atomic E-state index is 0.0117. The van der Waals surface area contributed by atoms with E-state index in [-0.39, 0.29) is 12.5 Å². The summed E-state index contributed by atoms with van der Waals surface area (Å²) in [6.07, 6.45) is 1.77. The summed E-state index contributed by atoms with van der Waals surface area (Å²) >= 11 is 6.07. The molecule has 0 aliphatic heterocycles. The van der Waals surface area contributed by atoms with Gasteiger partial charge in [-0.05, 0) is 37.0 Å². The number of rotatable bonds is 7. The van der Waals surface area contributed by atoms with Crippen LogP contribution in [0.15, 0.2) is 18.2 Å². The van der Waals surface area contributed by atoms with Crippen molar-refractivity contribution in [1.82, 2.24) is 4.90 Å². The van der Waals surface area contributed by atoms with Gasteiger partial charge in [0.2, 0.25) is 5.91 Å². The molecule has 0 radical (unpaired) electrons. The number of amides is 1. The van der Waals surface area contributed by atoms with Crippen LogP contribution in [0.4, 0.5) is 0 Å². The lowest BCUT2D eigenvalue weighted by Gasteiger charge is -2.20. The van der Waals surface area contributed by atoms with Gasteiger partial charge in [0.25, 0.3) is 0 Å². The van der Waals surface area contributed by atoms with Crippen LogP contribution in [0.3, 0.4) is 0 Å². The van der Waals surface area contributed by atoms with Gasteiger partial charge in [-0.15, -0.1) is 0 Å². The minimum atomic E-state index is -0.393. The van der Waals surface area contributed by atoms with Crippen molar-refractivity contribution in [2.45, 2.75) is 33.1 Å². The van der Waals surface area contributed by atoms with Crippen molar-refractivity contribution in [3.63, 3.8) is 0 Å². The topological polar surface area (TPSA) is 46.6 Å². The molecule has 0 heterocycles. The first kappa shape index (κ1) is 17.5. The van der Waals surface area contributed by atoms with Crippen molar-refractivity contribution in [3.05, 3.63) is 34.3 Å². The molecule has 0 saturated heterocycles. The molecule has 0 fully saturated rings. The van der Waals surface area contributed by atoms with E-state index in [9.17, 15) is 9.59 Å². The monoisotopic (exact) mass is 311 g/mol. The number of aryl methyl sites for hydroxylation is 2. The molecule has 5 heteroatoms. The molecule has 0 bridgehead atoms. The maximum absolute atomic E-state index is 12.2. The van der Waals surface area contributed by atoms with Crippen LogP contribution in [0.2, 0.25) is 5.02 Å². The SMILES string of the molecule is CCCN(CC(=O)OC)C(=O)CCc1ccc(C)c(Cl)c1. The van der Waals surface area contributed by atoms with Crippen molar-refractivity contribution < 1.29 is 14.3 Å². The first-order chi connectivity index (χ1) is 9.97. The summed E-state index contributed by atoms with van der Waals surface area (Å²) in [5.74, 6) is -0.436. The average molecular weight is 312 g/mol. The largest absolute Gasteiger partial charge is 0.468 e. The molecule has 1 aromatic rings. The van der Waals surface area contributed by atoms with Crippen molar-refractivity contribution in [1.29, 1.82) is 0 Å². The number of halogens is 1. The third-order valence-corrected chi connectivity index (χ3v) is 3.66. The highest BCUT2D eigenvalue weighted by Crippen LogP contribution is 2.17. The van der Waals surface area contributed by atoms with E-state index in [2.05, 4.69) is 4.74 Å². The number of benzene rings is 1. The second-order valence-corrected chi connectivity index (χ2v) is 5.38. The molecule has 1 amide bonds. The van der Waals surface area contributed by atoms with Crippen molar-refractivity contribution in [3.8, 4) is 0 Å². The van der Waals surface area contributed by atoms with Gasteiger partial charge < -0.3 is 9.64 Å². The van der Waals surface area contributed by atoms with Gasteiger partial charge in [0.15, 0.2) is 0 Å². The second kappa shape index (κ2) is 8.67. The molecular formula is C16H22ClNO3. The number of methoxy groups -OCH3 is 1. The quantitative estimate of drug-likeness (QED) is 0.727. The first-order valence-electron chi connectivity index (χ1n) is 7.07. The Morgan fingerprint density at radius 3 is 2.62 bits per heavy atom. The van der Waals surface area contributed by atoms with E-state index in [0.29, 0.717) is 24.4 Å². The fourth-order valence-corrected chi connectivity index (χ4v) is 2.19. The lowest BCUT2D eigenvalue weighted by atomic mass is 10.1. The number of ether oxygens (including phenoxy) is 1. The maximum atomic E-state index is 12.2. The van der Waals surface area contributed by atoms with Gasteiger partial charge in [0.1, 0.15) is 6.54 Å². The van der Waals surface area contributed by atoms with Crippen LogP contribution < -0.4 is 0 Å². The third-order valence-electron chi connectivity index (χ3n) is 3.26.